The largest absolute Gasteiger partial charge is 0.460 e. The first kappa shape index (κ1) is 44.6. The summed E-state index contributed by atoms with van der Waals surface area (Å²) < 4.78 is 244. The van der Waals surface area contributed by atoms with Gasteiger partial charge >= 0.3 is 59.9 Å². The molecule has 0 bridgehead atoms. The minimum atomic E-state index is -8.75. The zero-order valence-corrected chi connectivity index (χ0v) is 27.1. The smallest absolute Gasteiger partial charge is 0.444 e. The molecule has 0 fully saturated rings. The van der Waals surface area contributed by atoms with Crippen LogP contribution >= 0.6 is 15.9 Å². The van der Waals surface area contributed by atoms with Gasteiger partial charge in [-0.3, -0.25) is 10.6 Å². The number of nitrogens with one attached hydrogen (secondary N) is 2. The van der Waals surface area contributed by atoms with Gasteiger partial charge in [0.1, 0.15) is 17.0 Å². The number of benzene rings is 1. The van der Waals surface area contributed by atoms with Gasteiger partial charge in [0.05, 0.1) is 10.2 Å². The monoisotopic (exact) mass is 832 g/mol. The number of allylic oxidation sites excluding steroid dienone is 1. The van der Waals surface area contributed by atoms with Crippen LogP contribution in [-0.4, -0.2) is 65.1 Å². The predicted molar refractivity (Wildman–Crippen MR) is 139 cm³/mol. The summed E-state index contributed by atoms with van der Waals surface area (Å²) in [7, 11) is 0. The normalized spacial score (nSPS) is 14.9. The van der Waals surface area contributed by atoms with Gasteiger partial charge in [0.2, 0.25) is 5.83 Å². The van der Waals surface area contributed by atoms with Gasteiger partial charge in [-0.25, -0.2) is 9.59 Å². The van der Waals surface area contributed by atoms with Gasteiger partial charge in [-0.15, -0.1) is 0 Å². The van der Waals surface area contributed by atoms with E-state index in [-0.39, 0.29) is 0 Å². The molecule has 0 spiro atoms. The van der Waals surface area contributed by atoms with E-state index in [4.69, 9.17) is 9.47 Å². The molecule has 0 radical (unpaired) electrons. The zero-order valence-electron chi connectivity index (χ0n) is 25.5. The highest BCUT2D eigenvalue weighted by Gasteiger charge is 2.94. The summed E-state index contributed by atoms with van der Waals surface area (Å²) in [6.45, 7) is 8.08. The second kappa shape index (κ2) is 13.6. The van der Waals surface area contributed by atoms with Crippen LogP contribution in [-0.2, 0) is 9.47 Å². The van der Waals surface area contributed by atoms with E-state index in [0.717, 1.165) is 6.07 Å². The molecule has 0 aliphatic heterocycles. The van der Waals surface area contributed by atoms with Crippen molar-refractivity contribution in [3.8, 4) is 5.75 Å². The molecule has 50 heavy (non-hydrogen) atoms. The molecule has 25 heteroatoms. The molecule has 0 atom stereocenters. The third-order valence-corrected chi connectivity index (χ3v) is 6.11. The van der Waals surface area contributed by atoms with Crippen molar-refractivity contribution in [3.05, 3.63) is 28.4 Å². The maximum Gasteiger partial charge on any atom is 0.460 e. The van der Waals surface area contributed by atoms with Crippen LogP contribution in [0.5, 0.6) is 5.75 Å². The second-order valence-corrected chi connectivity index (χ2v) is 12.5. The van der Waals surface area contributed by atoms with Gasteiger partial charge in [-0.2, -0.15) is 74.6 Å². The summed E-state index contributed by atoms with van der Waals surface area (Å²) in [5.41, 5.74) is -3.85. The summed E-state index contributed by atoms with van der Waals surface area (Å²) >= 11 is 2.57. The van der Waals surface area contributed by atoms with Gasteiger partial charge in [-0.1, -0.05) is 0 Å². The molecule has 1 aromatic carbocycles. The van der Waals surface area contributed by atoms with Crippen molar-refractivity contribution in [1.82, 2.24) is 0 Å². The number of rotatable bonds is 10. The Hall–Kier alpha value is -3.41. The predicted octanol–water partition coefficient (Wildman–Crippen LogP) is 11.0. The van der Waals surface area contributed by atoms with E-state index in [1.165, 1.54) is 41.5 Å². The zero-order chi connectivity index (χ0) is 40.1. The molecular weight excluding hydrogens is 811 g/mol. The Bertz CT molecular complexity index is 1480. The van der Waals surface area contributed by atoms with Crippen LogP contribution in [0.4, 0.5) is 95.6 Å². The molecule has 2 N–H and O–H groups in total. The average Bonchev–Trinajstić information content (AvgIpc) is 2.87. The van der Waals surface area contributed by atoms with Crippen LogP contribution in [0.1, 0.15) is 41.5 Å². The number of amides is 2. The lowest BCUT2D eigenvalue weighted by Gasteiger charge is -2.41. The molecule has 7 nitrogen and oxygen atoms in total. The van der Waals surface area contributed by atoms with Crippen molar-refractivity contribution in [2.75, 3.05) is 10.6 Å². The quantitative estimate of drug-likeness (QED) is 0.181. The Labute approximate surface area is 277 Å². The molecule has 288 valence electrons. The maximum absolute atomic E-state index is 14.6. The van der Waals surface area contributed by atoms with E-state index in [0.29, 0.717) is 6.07 Å². The fourth-order valence-corrected chi connectivity index (χ4v) is 3.45. The molecule has 0 saturated heterocycles. The average molecular weight is 833 g/mol. The lowest BCUT2D eigenvalue weighted by Crippen LogP contribution is -2.72. The highest BCUT2D eigenvalue weighted by atomic mass is 79.9. The number of ether oxygens (including phenoxy) is 3. The minimum absolute atomic E-state index is 0.319. The third-order valence-electron chi connectivity index (χ3n) is 5.30. The fraction of sp³-hybridized carbons (Fsp3) is 0.600. The molecule has 0 unspecified atom stereocenters. The number of hydrogen-bond donors (Lipinski definition) is 2. The molecule has 0 aromatic heterocycles. The molecule has 1 rings (SSSR count). The summed E-state index contributed by atoms with van der Waals surface area (Å²) in [6, 6.07) is -2.69. The van der Waals surface area contributed by atoms with Crippen molar-refractivity contribution in [2.24, 2.45) is 0 Å². The van der Waals surface area contributed by atoms with Crippen molar-refractivity contribution < 1.29 is 98.4 Å². The van der Waals surface area contributed by atoms with Crippen LogP contribution in [0.15, 0.2) is 28.4 Å². The molecule has 0 saturated carbocycles. The first-order chi connectivity index (χ1) is 21.8. The van der Waals surface area contributed by atoms with Gasteiger partial charge in [0, 0.05) is 11.8 Å². The van der Waals surface area contributed by atoms with Gasteiger partial charge in [0.25, 0.3) is 0 Å². The van der Waals surface area contributed by atoms with E-state index < -0.39 is 98.5 Å². The van der Waals surface area contributed by atoms with Crippen molar-refractivity contribution >= 4 is 39.5 Å². The first-order valence-electron chi connectivity index (χ1n) is 12.7. The Kier molecular flexibility index (Phi) is 12.1. The van der Waals surface area contributed by atoms with E-state index in [9.17, 15) is 84.2 Å². The highest BCUT2D eigenvalue weighted by Crippen LogP contribution is 2.63. The standard InChI is InChI=1S/C25H22BrF17N2O5/c1-17(2,3)49-15(46)44-9-7-10(45-16(47)50-18(4,5)6)12(26)11(8-9)48-14(28)13(27)19(29,30)20(31,32)21(33,34)22(35,36)23(37,38)24(39,40)25(41,42)43/h7-8H,1-6H3,(H,44,46)(H,45,47). The van der Waals surface area contributed by atoms with E-state index >= 15 is 0 Å². The lowest BCUT2D eigenvalue weighted by atomic mass is 9.91. The van der Waals surface area contributed by atoms with E-state index in [2.05, 4.69) is 20.7 Å². The summed E-state index contributed by atoms with van der Waals surface area (Å²) in [5.74, 6) is -56.6. The van der Waals surface area contributed by atoms with Crippen molar-refractivity contribution in [3.63, 3.8) is 0 Å². The van der Waals surface area contributed by atoms with Crippen molar-refractivity contribution in [2.45, 2.75) is 94.5 Å². The molecule has 0 aliphatic carbocycles. The first-order valence-corrected chi connectivity index (χ1v) is 13.5. The molecule has 1 aromatic rings. The molecule has 0 heterocycles. The number of anilines is 2. The topological polar surface area (TPSA) is 85.9 Å². The summed E-state index contributed by atoms with van der Waals surface area (Å²) in [4.78, 5) is 24.4. The Balaban J connectivity index is 3.80. The summed E-state index contributed by atoms with van der Waals surface area (Å²) in [5, 5.41) is 3.83. The van der Waals surface area contributed by atoms with Gasteiger partial charge < -0.3 is 14.2 Å². The number of carbonyl (C=O) groups excluding carboxylic acids is 2. The van der Waals surface area contributed by atoms with Crippen LogP contribution < -0.4 is 15.4 Å². The van der Waals surface area contributed by atoms with Crippen LogP contribution in [0.25, 0.3) is 0 Å². The Morgan fingerprint density at radius 3 is 1.38 bits per heavy atom. The molecule has 0 aliphatic rings. The van der Waals surface area contributed by atoms with Crippen molar-refractivity contribution in [1.29, 1.82) is 0 Å². The minimum Gasteiger partial charge on any atom is -0.444 e. The number of hydrogen-bond acceptors (Lipinski definition) is 5. The third kappa shape index (κ3) is 8.72. The molecular formula is C25H22BrF17N2O5. The second-order valence-electron chi connectivity index (χ2n) is 11.7. The van der Waals surface area contributed by atoms with E-state index in [1.807, 2.05) is 10.6 Å². The highest BCUT2D eigenvalue weighted by molar-refractivity contribution is 9.10. The lowest BCUT2D eigenvalue weighted by molar-refractivity contribution is -0.451. The number of halogens is 18. The SMILES string of the molecule is CC(C)(C)OC(=O)Nc1cc(NC(=O)OC(C)(C)C)c(Br)c(OC(F)=C(F)C(F)(F)C(F)(F)C(F)(F)C(F)(F)C(F)(F)C(F)(F)C(F)(F)F)c1. The molecule has 2 amide bonds. The number of carbonyl (C=O) groups is 2. The van der Waals surface area contributed by atoms with Gasteiger partial charge in [0.15, 0.2) is 0 Å². The van der Waals surface area contributed by atoms with Crippen LogP contribution in [0.2, 0.25) is 0 Å². The Morgan fingerprint density at radius 1 is 0.600 bits per heavy atom. The van der Waals surface area contributed by atoms with Crippen LogP contribution in [0.3, 0.4) is 0 Å². The Morgan fingerprint density at radius 2 is 0.980 bits per heavy atom. The van der Waals surface area contributed by atoms with Crippen LogP contribution in [0, 0.1) is 0 Å². The number of alkyl halides is 15. The fourth-order valence-electron chi connectivity index (χ4n) is 3.04. The van der Waals surface area contributed by atoms with Gasteiger partial charge in [-0.05, 0) is 63.5 Å². The summed E-state index contributed by atoms with van der Waals surface area (Å²) in [6.07, 6.45) is -10.6. The maximum atomic E-state index is 14.6. The van der Waals surface area contributed by atoms with E-state index in [1.54, 1.807) is 0 Å².